The molecule has 1 atom stereocenters. The van der Waals surface area contributed by atoms with Crippen molar-refractivity contribution in [1.82, 2.24) is 10.2 Å². The lowest BCUT2D eigenvalue weighted by atomic mass is 10.2. The third kappa shape index (κ3) is 3.34. The molecule has 0 spiro atoms. The lowest BCUT2D eigenvalue weighted by Gasteiger charge is -2.25. The Bertz CT molecular complexity index is 226. The molecule has 0 bridgehead atoms. The molecule has 1 unspecified atom stereocenters. The minimum absolute atomic E-state index is 0.0604. The van der Waals surface area contributed by atoms with Crippen molar-refractivity contribution in [2.45, 2.75) is 45.7 Å². The number of hydrogen-bond acceptors (Lipinski definition) is 2. The normalized spacial score (nSPS) is 18.1. The summed E-state index contributed by atoms with van der Waals surface area (Å²) in [6.45, 7) is 7.59. The zero-order chi connectivity index (χ0) is 11.3. The molecule has 1 aliphatic rings. The summed E-state index contributed by atoms with van der Waals surface area (Å²) < 4.78 is 0. The molecule has 0 fully saturated rings. The van der Waals surface area contributed by atoms with Gasteiger partial charge >= 0.3 is 0 Å². The van der Waals surface area contributed by atoms with E-state index in [2.05, 4.69) is 17.5 Å². The van der Waals surface area contributed by atoms with E-state index in [9.17, 15) is 4.79 Å². The molecule has 0 heterocycles. The van der Waals surface area contributed by atoms with Crippen molar-refractivity contribution in [2.24, 2.45) is 0 Å². The van der Waals surface area contributed by atoms with Crippen molar-refractivity contribution in [3.8, 4) is 0 Å². The van der Waals surface area contributed by atoms with Crippen LogP contribution < -0.4 is 5.32 Å². The highest BCUT2D eigenvalue weighted by atomic mass is 16.2. The molecule has 0 radical (unpaired) electrons. The van der Waals surface area contributed by atoms with Gasteiger partial charge in [0.05, 0.1) is 6.04 Å². The van der Waals surface area contributed by atoms with Gasteiger partial charge in [-0.15, -0.1) is 0 Å². The maximum absolute atomic E-state index is 11.9. The molecule has 0 aromatic rings. The molecule has 3 nitrogen and oxygen atoms in total. The molecule has 86 valence electrons. The van der Waals surface area contributed by atoms with E-state index in [1.807, 2.05) is 25.7 Å². The van der Waals surface area contributed by atoms with Crippen molar-refractivity contribution < 1.29 is 4.79 Å². The predicted octanol–water partition coefficient (Wildman–Crippen LogP) is 1.55. The number of nitrogens with zero attached hydrogens (tertiary/aromatic N) is 1. The summed E-state index contributed by atoms with van der Waals surface area (Å²) in [5.41, 5.74) is 0. The van der Waals surface area contributed by atoms with Gasteiger partial charge < -0.3 is 10.2 Å². The summed E-state index contributed by atoms with van der Waals surface area (Å²) in [5.74, 6) is 0.215. The van der Waals surface area contributed by atoms with Crippen molar-refractivity contribution in [1.29, 1.82) is 0 Å². The van der Waals surface area contributed by atoms with Crippen LogP contribution in [0, 0.1) is 0 Å². The fourth-order valence-electron chi connectivity index (χ4n) is 1.99. The average Bonchev–Trinajstić information content (AvgIpc) is 2.72. The highest BCUT2D eigenvalue weighted by Gasteiger charge is 2.21. The molecular weight excluding hydrogens is 188 g/mol. The SMILES string of the molecule is CCN(CC)C(=O)C(C)NC1CC=CC1. The molecule has 1 amide bonds. The highest BCUT2D eigenvalue weighted by molar-refractivity contribution is 5.81. The molecule has 0 aromatic heterocycles. The standard InChI is InChI=1S/C12H22N2O/c1-4-14(5-2)12(15)10(3)13-11-8-6-7-9-11/h6-7,10-11,13H,4-5,8-9H2,1-3H3. The van der Waals surface area contributed by atoms with Gasteiger partial charge in [0.2, 0.25) is 5.91 Å². The van der Waals surface area contributed by atoms with E-state index in [1.54, 1.807) is 0 Å². The maximum Gasteiger partial charge on any atom is 0.239 e. The Morgan fingerprint density at radius 1 is 1.40 bits per heavy atom. The Morgan fingerprint density at radius 3 is 2.40 bits per heavy atom. The molecule has 1 rings (SSSR count). The topological polar surface area (TPSA) is 32.3 Å². The Kier molecular flexibility index (Phi) is 4.82. The molecular formula is C12H22N2O. The van der Waals surface area contributed by atoms with E-state index in [0.29, 0.717) is 6.04 Å². The average molecular weight is 210 g/mol. The Labute approximate surface area is 92.5 Å². The van der Waals surface area contributed by atoms with Crippen molar-refractivity contribution in [3.63, 3.8) is 0 Å². The number of rotatable bonds is 5. The first kappa shape index (κ1) is 12.2. The molecule has 15 heavy (non-hydrogen) atoms. The number of carbonyl (C=O) groups excluding carboxylic acids is 1. The lowest BCUT2D eigenvalue weighted by Crippen LogP contribution is -2.47. The summed E-state index contributed by atoms with van der Waals surface area (Å²) in [5, 5.41) is 3.37. The van der Waals surface area contributed by atoms with E-state index in [-0.39, 0.29) is 11.9 Å². The van der Waals surface area contributed by atoms with E-state index >= 15 is 0 Å². The second-order valence-corrected chi connectivity index (χ2v) is 4.04. The first-order chi connectivity index (χ1) is 7.19. The second-order valence-electron chi connectivity index (χ2n) is 4.04. The van der Waals surface area contributed by atoms with Crippen molar-refractivity contribution >= 4 is 5.91 Å². The van der Waals surface area contributed by atoms with Gasteiger partial charge in [-0.1, -0.05) is 12.2 Å². The van der Waals surface area contributed by atoms with Crippen molar-refractivity contribution in [2.75, 3.05) is 13.1 Å². The van der Waals surface area contributed by atoms with Gasteiger partial charge in [-0.05, 0) is 33.6 Å². The zero-order valence-electron chi connectivity index (χ0n) is 9.99. The van der Waals surface area contributed by atoms with Crippen molar-refractivity contribution in [3.05, 3.63) is 12.2 Å². The predicted molar refractivity (Wildman–Crippen MR) is 62.7 cm³/mol. The Balaban J connectivity index is 2.37. The summed E-state index contributed by atoms with van der Waals surface area (Å²) in [6.07, 6.45) is 6.45. The van der Waals surface area contributed by atoms with E-state index in [0.717, 1.165) is 25.9 Å². The number of hydrogen-bond donors (Lipinski definition) is 1. The van der Waals surface area contributed by atoms with Crippen LogP contribution in [0.1, 0.15) is 33.6 Å². The van der Waals surface area contributed by atoms with Gasteiger partial charge in [-0.2, -0.15) is 0 Å². The van der Waals surface area contributed by atoms with Crippen LogP contribution in [0.3, 0.4) is 0 Å². The summed E-state index contributed by atoms with van der Waals surface area (Å²) >= 11 is 0. The maximum atomic E-state index is 11.9. The Hall–Kier alpha value is -0.830. The van der Waals surface area contributed by atoms with Gasteiger partial charge in [0.1, 0.15) is 0 Å². The van der Waals surface area contributed by atoms with Gasteiger partial charge in [0.25, 0.3) is 0 Å². The van der Waals surface area contributed by atoms with Gasteiger partial charge in [-0.25, -0.2) is 0 Å². The van der Waals surface area contributed by atoms with Crippen LogP contribution in [0.25, 0.3) is 0 Å². The molecule has 0 aromatic carbocycles. The number of amides is 1. The van der Waals surface area contributed by atoms with Gasteiger partial charge in [-0.3, -0.25) is 4.79 Å². The molecule has 0 saturated carbocycles. The number of carbonyl (C=O) groups is 1. The van der Waals surface area contributed by atoms with Crippen LogP contribution in [-0.4, -0.2) is 36.0 Å². The molecule has 0 aliphatic heterocycles. The quantitative estimate of drug-likeness (QED) is 0.698. The largest absolute Gasteiger partial charge is 0.342 e. The van der Waals surface area contributed by atoms with E-state index < -0.39 is 0 Å². The smallest absolute Gasteiger partial charge is 0.239 e. The Morgan fingerprint density at radius 2 is 1.93 bits per heavy atom. The summed E-state index contributed by atoms with van der Waals surface area (Å²) in [6, 6.07) is 0.398. The zero-order valence-corrected chi connectivity index (χ0v) is 9.99. The van der Waals surface area contributed by atoms with Crippen LogP contribution in [0.5, 0.6) is 0 Å². The third-order valence-electron chi connectivity index (χ3n) is 2.94. The first-order valence-corrected chi connectivity index (χ1v) is 5.88. The van der Waals surface area contributed by atoms with Crippen LogP contribution in [0.15, 0.2) is 12.2 Å². The monoisotopic (exact) mass is 210 g/mol. The summed E-state index contributed by atoms with van der Waals surface area (Å²) in [4.78, 5) is 13.8. The van der Waals surface area contributed by atoms with Crippen LogP contribution in [-0.2, 0) is 4.79 Å². The highest BCUT2D eigenvalue weighted by Crippen LogP contribution is 2.10. The molecule has 1 aliphatic carbocycles. The minimum Gasteiger partial charge on any atom is -0.342 e. The fraction of sp³-hybridized carbons (Fsp3) is 0.750. The third-order valence-corrected chi connectivity index (χ3v) is 2.94. The molecule has 1 N–H and O–H groups in total. The van der Waals surface area contributed by atoms with E-state index in [4.69, 9.17) is 0 Å². The van der Waals surface area contributed by atoms with Gasteiger partial charge in [0, 0.05) is 19.1 Å². The molecule has 3 heteroatoms. The summed E-state index contributed by atoms with van der Waals surface area (Å²) in [7, 11) is 0. The van der Waals surface area contributed by atoms with Gasteiger partial charge in [0.15, 0.2) is 0 Å². The number of likely N-dealkylation sites (N-methyl/N-ethyl adjacent to an activating group) is 1. The first-order valence-electron chi connectivity index (χ1n) is 5.88. The van der Waals surface area contributed by atoms with Crippen LogP contribution in [0.2, 0.25) is 0 Å². The van der Waals surface area contributed by atoms with E-state index in [1.165, 1.54) is 0 Å². The van der Waals surface area contributed by atoms with Crippen LogP contribution in [0.4, 0.5) is 0 Å². The fourth-order valence-corrected chi connectivity index (χ4v) is 1.99. The molecule has 0 saturated heterocycles. The van der Waals surface area contributed by atoms with Crippen LogP contribution >= 0.6 is 0 Å². The second kappa shape index (κ2) is 5.91. The minimum atomic E-state index is -0.0604. The lowest BCUT2D eigenvalue weighted by molar-refractivity contribution is -0.132. The number of nitrogens with one attached hydrogen (secondary N) is 1.